The molecule has 1 heterocycles. The number of carbonyl (C=O) groups excluding carboxylic acids is 1. The Labute approximate surface area is 163 Å². The lowest BCUT2D eigenvalue weighted by Gasteiger charge is -2.12. The molecule has 6 heteroatoms. The number of anilines is 1. The Balaban J connectivity index is 1.52. The van der Waals surface area contributed by atoms with Crippen LogP contribution in [0.2, 0.25) is 0 Å². The number of nitrogens with one attached hydrogen (secondary N) is 1. The first-order chi connectivity index (χ1) is 13.1. The summed E-state index contributed by atoms with van der Waals surface area (Å²) in [5.41, 5.74) is 2.48. The third-order valence-corrected chi connectivity index (χ3v) is 5.27. The molecule has 3 rings (SSSR count). The monoisotopic (exact) mass is 389 g/mol. The SMILES string of the molecule is CCOc1cc2c(cc1CSCCC(=O)Nc1ccccc1F)O[C@H](C)C2. The minimum atomic E-state index is -0.424. The molecule has 0 saturated carbocycles. The van der Waals surface area contributed by atoms with Gasteiger partial charge in [0.15, 0.2) is 0 Å². The second-order valence-corrected chi connectivity index (χ2v) is 7.57. The van der Waals surface area contributed by atoms with Gasteiger partial charge in [0.05, 0.1) is 12.3 Å². The minimum absolute atomic E-state index is 0.191. The topological polar surface area (TPSA) is 47.6 Å². The molecule has 1 amide bonds. The highest BCUT2D eigenvalue weighted by molar-refractivity contribution is 7.98. The molecule has 0 radical (unpaired) electrons. The van der Waals surface area contributed by atoms with Crippen molar-refractivity contribution in [2.75, 3.05) is 17.7 Å². The van der Waals surface area contributed by atoms with Crippen LogP contribution in [-0.2, 0) is 17.0 Å². The van der Waals surface area contributed by atoms with Crippen molar-refractivity contribution in [3.05, 3.63) is 53.3 Å². The number of carbonyl (C=O) groups is 1. The molecule has 0 bridgehead atoms. The van der Waals surface area contributed by atoms with Gasteiger partial charge in [-0.25, -0.2) is 4.39 Å². The van der Waals surface area contributed by atoms with Gasteiger partial charge in [-0.1, -0.05) is 12.1 Å². The van der Waals surface area contributed by atoms with E-state index in [2.05, 4.69) is 24.4 Å². The average molecular weight is 389 g/mol. The Hall–Kier alpha value is -2.21. The molecule has 144 valence electrons. The Morgan fingerprint density at radius 3 is 2.96 bits per heavy atom. The number of rotatable bonds is 8. The van der Waals surface area contributed by atoms with Gasteiger partial charge in [-0.05, 0) is 38.1 Å². The van der Waals surface area contributed by atoms with Crippen molar-refractivity contribution < 1.29 is 18.7 Å². The van der Waals surface area contributed by atoms with E-state index in [1.54, 1.807) is 30.0 Å². The van der Waals surface area contributed by atoms with Gasteiger partial charge in [-0.3, -0.25) is 4.79 Å². The number of amides is 1. The number of halogens is 1. The van der Waals surface area contributed by atoms with Crippen LogP contribution in [0, 0.1) is 5.82 Å². The van der Waals surface area contributed by atoms with Gasteiger partial charge in [0.1, 0.15) is 23.4 Å². The van der Waals surface area contributed by atoms with E-state index in [1.165, 1.54) is 11.6 Å². The maximum Gasteiger partial charge on any atom is 0.225 e. The zero-order chi connectivity index (χ0) is 19.2. The Bertz CT molecular complexity index is 812. The molecule has 2 aromatic rings. The average Bonchev–Trinajstić information content (AvgIpc) is 3.00. The standard InChI is InChI=1S/C21H24FNO3S/c1-3-25-19-11-15-10-14(2)26-20(15)12-16(19)13-27-9-8-21(24)23-18-7-5-4-6-17(18)22/h4-7,11-12,14H,3,8-10,13H2,1-2H3,(H,23,24)/t14-/m1/s1. The minimum Gasteiger partial charge on any atom is -0.494 e. The second-order valence-electron chi connectivity index (χ2n) is 6.46. The molecular formula is C21H24FNO3S. The molecule has 0 fully saturated rings. The third-order valence-electron chi connectivity index (χ3n) is 4.26. The van der Waals surface area contributed by atoms with Gasteiger partial charge in [0.25, 0.3) is 0 Å². The van der Waals surface area contributed by atoms with E-state index in [-0.39, 0.29) is 17.7 Å². The molecule has 2 aromatic carbocycles. The Morgan fingerprint density at radius 1 is 1.37 bits per heavy atom. The van der Waals surface area contributed by atoms with Gasteiger partial charge < -0.3 is 14.8 Å². The summed E-state index contributed by atoms with van der Waals surface area (Å²) in [5, 5.41) is 2.61. The van der Waals surface area contributed by atoms with Crippen molar-refractivity contribution in [3.63, 3.8) is 0 Å². The number of para-hydroxylation sites is 1. The number of ether oxygens (including phenoxy) is 2. The fraction of sp³-hybridized carbons (Fsp3) is 0.381. The van der Waals surface area contributed by atoms with E-state index >= 15 is 0 Å². The molecule has 1 N–H and O–H groups in total. The zero-order valence-corrected chi connectivity index (χ0v) is 16.4. The van der Waals surface area contributed by atoms with Crippen LogP contribution < -0.4 is 14.8 Å². The van der Waals surface area contributed by atoms with E-state index < -0.39 is 5.82 Å². The lowest BCUT2D eigenvalue weighted by Crippen LogP contribution is -2.13. The Kier molecular flexibility index (Phi) is 6.61. The molecule has 1 atom stereocenters. The number of hydrogen-bond acceptors (Lipinski definition) is 4. The van der Waals surface area contributed by atoms with Gasteiger partial charge >= 0.3 is 0 Å². The van der Waals surface area contributed by atoms with Crippen molar-refractivity contribution in [1.29, 1.82) is 0 Å². The number of thioether (sulfide) groups is 1. The van der Waals surface area contributed by atoms with Crippen LogP contribution in [-0.4, -0.2) is 24.4 Å². The summed E-state index contributed by atoms with van der Waals surface area (Å²) < 4.78 is 25.2. The third kappa shape index (κ3) is 5.16. The van der Waals surface area contributed by atoms with E-state index in [0.717, 1.165) is 29.2 Å². The molecule has 0 spiro atoms. The summed E-state index contributed by atoms with van der Waals surface area (Å²) in [5.74, 6) is 2.57. The fourth-order valence-electron chi connectivity index (χ4n) is 3.01. The highest BCUT2D eigenvalue weighted by atomic mass is 32.2. The normalized spacial score (nSPS) is 15.1. The summed E-state index contributed by atoms with van der Waals surface area (Å²) in [7, 11) is 0. The van der Waals surface area contributed by atoms with Crippen LogP contribution in [0.1, 0.15) is 31.4 Å². The maximum atomic E-state index is 13.6. The lowest BCUT2D eigenvalue weighted by molar-refractivity contribution is -0.115. The predicted octanol–water partition coefficient (Wildman–Crippen LogP) is 4.81. The van der Waals surface area contributed by atoms with Gasteiger partial charge in [-0.2, -0.15) is 11.8 Å². The van der Waals surface area contributed by atoms with Crippen LogP contribution in [0.15, 0.2) is 36.4 Å². The zero-order valence-electron chi connectivity index (χ0n) is 15.6. The summed E-state index contributed by atoms with van der Waals surface area (Å²) in [4.78, 5) is 12.0. The molecule has 0 aliphatic carbocycles. The van der Waals surface area contributed by atoms with Crippen LogP contribution >= 0.6 is 11.8 Å². The summed E-state index contributed by atoms with van der Waals surface area (Å²) in [6.45, 7) is 4.64. The summed E-state index contributed by atoms with van der Waals surface area (Å²) in [6, 6.07) is 10.3. The molecule has 0 unspecified atom stereocenters. The molecule has 0 saturated heterocycles. The van der Waals surface area contributed by atoms with E-state index in [1.807, 2.05) is 6.92 Å². The first-order valence-corrected chi connectivity index (χ1v) is 10.3. The molecule has 1 aliphatic rings. The largest absolute Gasteiger partial charge is 0.494 e. The van der Waals surface area contributed by atoms with Crippen LogP contribution in [0.5, 0.6) is 11.5 Å². The van der Waals surface area contributed by atoms with Gasteiger partial charge in [-0.15, -0.1) is 0 Å². The first kappa shape index (κ1) is 19.5. The molecular weight excluding hydrogens is 365 g/mol. The highest BCUT2D eigenvalue weighted by Crippen LogP contribution is 2.36. The number of hydrogen-bond donors (Lipinski definition) is 1. The lowest BCUT2D eigenvalue weighted by atomic mass is 10.1. The van der Waals surface area contributed by atoms with Crippen molar-refractivity contribution in [1.82, 2.24) is 0 Å². The van der Waals surface area contributed by atoms with E-state index in [4.69, 9.17) is 9.47 Å². The van der Waals surface area contributed by atoms with Gasteiger partial charge in [0, 0.05) is 35.5 Å². The summed E-state index contributed by atoms with van der Waals surface area (Å²) in [6.07, 6.45) is 1.42. The molecule has 27 heavy (non-hydrogen) atoms. The van der Waals surface area contributed by atoms with Crippen LogP contribution in [0.3, 0.4) is 0 Å². The summed E-state index contributed by atoms with van der Waals surface area (Å²) >= 11 is 1.65. The number of fused-ring (bicyclic) bond motifs is 1. The maximum absolute atomic E-state index is 13.6. The fourth-order valence-corrected chi connectivity index (χ4v) is 3.93. The molecule has 0 aromatic heterocycles. The van der Waals surface area contributed by atoms with Crippen molar-refractivity contribution in [2.45, 2.75) is 38.5 Å². The first-order valence-electron chi connectivity index (χ1n) is 9.14. The molecule has 4 nitrogen and oxygen atoms in total. The van der Waals surface area contributed by atoms with Crippen molar-refractivity contribution >= 4 is 23.4 Å². The van der Waals surface area contributed by atoms with E-state index in [0.29, 0.717) is 18.8 Å². The van der Waals surface area contributed by atoms with Crippen LogP contribution in [0.4, 0.5) is 10.1 Å². The molecule has 1 aliphatic heterocycles. The van der Waals surface area contributed by atoms with Crippen molar-refractivity contribution in [2.24, 2.45) is 0 Å². The number of benzene rings is 2. The Morgan fingerprint density at radius 2 is 2.19 bits per heavy atom. The van der Waals surface area contributed by atoms with Crippen molar-refractivity contribution in [3.8, 4) is 11.5 Å². The predicted molar refractivity (Wildman–Crippen MR) is 107 cm³/mol. The van der Waals surface area contributed by atoms with Gasteiger partial charge in [0.2, 0.25) is 5.91 Å². The highest BCUT2D eigenvalue weighted by Gasteiger charge is 2.21. The van der Waals surface area contributed by atoms with Crippen LogP contribution in [0.25, 0.3) is 0 Å². The quantitative estimate of drug-likeness (QED) is 0.658. The second kappa shape index (κ2) is 9.13. The van der Waals surface area contributed by atoms with E-state index in [9.17, 15) is 9.18 Å². The smallest absolute Gasteiger partial charge is 0.225 e.